The van der Waals surface area contributed by atoms with Gasteiger partial charge < -0.3 is 15.5 Å². The fraction of sp³-hybridized carbons (Fsp3) is 0.704. The Balaban J connectivity index is 1.42. The third-order valence-electron chi connectivity index (χ3n) is 9.92. The van der Waals surface area contributed by atoms with Crippen molar-refractivity contribution in [2.24, 2.45) is 28.6 Å². The van der Waals surface area contributed by atoms with Gasteiger partial charge in [-0.3, -0.25) is 0 Å². The molecule has 0 heterocycles. The van der Waals surface area contributed by atoms with Crippen LogP contribution in [-0.2, 0) is 0 Å². The number of allylic oxidation sites excluding steroid dienone is 1. The quantitative estimate of drug-likeness (QED) is 0.574. The molecule has 0 spiro atoms. The largest absolute Gasteiger partial charge is 0.390 e. The minimum atomic E-state index is -0.614. The first-order chi connectivity index (χ1) is 14.4. The van der Waals surface area contributed by atoms with Gasteiger partial charge in [0.15, 0.2) is 0 Å². The fourth-order valence-corrected chi connectivity index (χ4v) is 7.93. The van der Waals surface area contributed by atoms with E-state index in [1.807, 2.05) is 6.07 Å². The third kappa shape index (κ3) is 2.99. The van der Waals surface area contributed by atoms with Crippen molar-refractivity contribution in [2.45, 2.75) is 90.4 Å². The Hall–Kier alpha value is -1.32. The summed E-state index contributed by atoms with van der Waals surface area (Å²) in [6, 6.07) is 10.8. The SMILES string of the molecule is CC[C@]1(C)CCC2=C1CCC1C2[C@@H](O)[C@H](O)C2CC(Nc3ccccc3)CC[C@]12C. The summed E-state index contributed by atoms with van der Waals surface area (Å²) >= 11 is 0. The number of nitrogens with one attached hydrogen (secondary N) is 1. The van der Waals surface area contributed by atoms with E-state index in [-0.39, 0.29) is 17.3 Å². The molecule has 8 atom stereocenters. The molecule has 0 radical (unpaired) electrons. The summed E-state index contributed by atoms with van der Waals surface area (Å²) in [7, 11) is 0. The molecule has 0 aliphatic heterocycles. The molecule has 0 bridgehead atoms. The van der Waals surface area contributed by atoms with E-state index >= 15 is 0 Å². The van der Waals surface area contributed by atoms with Gasteiger partial charge in [-0.05, 0) is 86.2 Å². The molecule has 2 saturated carbocycles. The second kappa shape index (κ2) is 7.38. The van der Waals surface area contributed by atoms with E-state index in [4.69, 9.17) is 0 Å². The minimum Gasteiger partial charge on any atom is -0.390 e. The molecule has 4 unspecified atom stereocenters. The van der Waals surface area contributed by atoms with Crippen molar-refractivity contribution >= 4 is 5.69 Å². The van der Waals surface area contributed by atoms with Crippen molar-refractivity contribution in [1.82, 2.24) is 0 Å². The Kier molecular flexibility index (Phi) is 5.06. The predicted molar refractivity (Wildman–Crippen MR) is 122 cm³/mol. The Bertz CT molecular complexity index is 819. The number of hydrogen-bond donors (Lipinski definition) is 3. The Labute approximate surface area is 182 Å². The van der Waals surface area contributed by atoms with E-state index in [1.54, 1.807) is 5.57 Å². The van der Waals surface area contributed by atoms with Gasteiger partial charge in [-0.2, -0.15) is 0 Å². The molecule has 4 aliphatic carbocycles. The average Bonchev–Trinajstić information content (AvgIpc) is 3.11. The van der Waals surface area contributed by atoms with Gasteiger partial charge in [0.05, 0.1) is 12.2 Å². The maximum atomic E-state index is 11.4. The number of aliphatic hydroxyl groups excluding tert-OH is 2. The van der Waals surface area contributed by atoms with Gasteiger partial charge in [-0.1, -0.05) is 50.1 Å². The van der Waals surface area contributed by atoms with Crippen LogP contribution in [0.4, 0.5) is 5.69 Å². The monoisotopic (exact) mass is 409 g/mol. The maximum absolute atomic E-state index is 11.4. The zero-order chi connectivity index (χ0) is 21.1. The van der Waals surface area contributed by atoms with Crippen LogP contribution < -0.4 is 5.32 Å². The second-order valence-corrected chi connectivity index (χ2v) is 11.2. The lowest BCUT2D eigenvalue weighted by Crippen LogP contribution is -2.61. The standard InChI is InChI=1S/C27H39NO2/c1-4-26(2)14-13-19-20(26)10-11-21-23(19)25(30)24(29)22-16-18(12-15-27(21,22)3)28-17-8-6-5-7-9-17/h5-9,18,21-25,28-30H,4,10-16H2,1-3H3/t18?,21?,22?,23?,24-,25-,26-,27-/m1/s1. The predicted octanol–water partition coefficient (Wildman–Crippen LogP) is 5.54. The normalized spacial score (nSPS) is 45.5. The smallest absolute Gasteiger partial charge is 0.0870 e. The first kappa shape index (κ1) is 20.6. The molecule has 0 saturated heterocycles. The molecule has 3 N–H and O–H groups in total. The van der Waals surface area contributed by atoms with Crippen molar-refractivity contribution in [3.63, 3.8) is 0 Å². The van der Waals surface area contributed by atoms with Crippen LogP contribution in [0.3, 0.4) is 0 Å². The highest BCUT2D eigenvalue weighted by Gasteiger charge is 2.60. The maximum Gasteiger partial charge on any atom is 0.0870 e. The zero-order valence-electron chi connectivity index (χ0n) is 18.9. The number of anilines is 1. The van der Waals surface area contributed by atoms with E-state index in [0.29, 0.717) is 17.4 Å². The highest BCUT2D eigenvalue weighted by Crippen LogP contribution is 2.64. The van der Waals surface area contributed by atoms with Crippen LogP contribution in [0.5, 0.6) is 0 Å². The average molecular weight is 410 g/mol. The van der Waals surface area contributed by atoms with Gasteiger partial charge in [0.2, 0.25) is 0 Å². The van der Waals surface area contributed by atoms with Gasteiger partial charge in [-0.25, -0.2) is 0 Å². The molecule has 2 fully saturated rings. The van der Waals surface area contributed by atoms with Gasteiger partial charge >= 0.3 is 0 Å². The first-order valence-corrected chi connectivity index (χ1v) is 12.3. The van der Waals surface area contributed by atoms with Gasteiger partial charge in [0, 0.05) is 17.6 Å². The minimum absolute atomic E-state index is 0.127. The molecule has 0 aromatic heterocycles. The number of rotatable bonds is 3. The summed E-state index contributed by atoms with van der Waals surface area (Å²) in [4.78, 5) is 0. The van der Waals surface area contributed by atoms with Crippen molar-refractivity contribution in [1.29, 1.82) is 0 Å². The summed E-state index contributed by atoms with van der Waals surface area (Å²) < 4.78 is 0. The molecular formula is C27H39NO2. The molecule has 0 amide bonds. The Morgan fingerprint density at radius 1 is 0.967 bits per heavy atom. The number of benzene rings is 1. The van der Waals surface area contributed by atoms with E-state index < -0.39 is 12.2 Å². The molecule has 4 aliphatic rings. The number of fused-ring (bicyclic) bond motifs is 4. The zero-order valence-corrected chi connectivity index (χ0v) is 18.9. The first-order valence-electron chi connectivity index (χ1n) is 12.3. The van der Waals surface area contributed by atoms with Crippen LogP contribution in [0.15, 0.2) is 41.5 Å². The van der Waals surface area contributed by atoms with Crippen LogP contribution in [0.25, 0.3) is 0 Å². The summed E-state index contributed by atoms with van der Waals surface area (Å²) in [6.45, 7) is 7.17. The number of hydrogen-bond acceptors (Lipinski definition) is 3. The van der Waals surface area contributed by atoms with Gasteiger partial charge in [-0.15, -0.1) is 0 Å². The summed E-state index contributed by atoms with van der Waals surface area (Å²) in [5.74, 6) is 0.860. The van der Waals surface area contributed by atoms with Crippen LogP contribution >= 0.6 is 0 Å². The molecule has 3 nitrogen and oxygen atoms in total. The van der Waals surface area contributed by atoms with E-state index in [1.165, 1.54) is 31.3 Å². The molecular weight excluding hydrogens is 370 g/mol. The fourth-order valence-electron chi connectivity index (χ4n) is 7.93. The summed E-state index contributed by atoms with van der Waals surface area (Å²) in [5.41, 5.74) is 4.78. The van der Waals surface area contributed by atoms with Gasteiger partial charge in [0.1, 0.15) is 0 Å². The van der Waals surface area contributed by atoms with E-state index in [0.717, 1.165) is 31.4 Å². The van der Waals surface area contributed by atoms with Crippen LogP contribution in [-0.4, -0.2) is 28.5 Å². The van der Waals surface area contributed by atoms with Crippen molar-refractivity contribution in [3.05, 3.63) is 41.5 Å². The lowest BCUT2D eigenvalue weighted by atomic mass is 9.47. The highest BCUT2D eigenvalue weighted by atomic mass is 16.3. The van der Waals surface area contributed by atoms with Crippen LogP contribution in [0.1, 0.15) is 72.1 Å². The number of para-hydroxylation sites is 1. The number of aliphatic hydroxyl groups is 2. The molecule has 30 heavy (non-hydrogen) atoms. The van der Waals surface area contributed by atoms with E-state index in [2.05, 4.69) is 50.4 Å². The lowest BCUT2D eigenvalue weighted by Gasteiger charge is -2.60. The Morgan fingerprint density at radius 2 is 1.73 bits per heavy atom. The highest BCUT2D eigenvalue weighted by molar-refractivity contribution is 5.43. The van der Waals surface area contributed by atoms with Crippen molar-refractivity contribution in [3.8, 4) is 0 Å². The van der Waals surface area contributed by atoms with Crippen LogP contribution in [0.2, 0.25) is 0 Å². The molecule has 1 aromatic carbocycles. The van der Waals surface area contributed by atoms with Crippen molar-refractivity contribution < 1.29 is 10.2 Å². The summed E-state index contributed by atoms with van der Waals surface area (Å²) in [5, 5.41) is 26.4. The lowest BCUT2D eigenvalue weighted by molar-refractivity contribution is -0.172. The topological polar surface area (TPSA) is 52.5 Å². The molecule has 164 valence electrons. The summed E-state index contributed by atoms with van der Waals surface area (Å²) in [6.07, 6.45) is 7.95. The third-order valence-corrected chi connectivity index (χ3v) is 9.92. The van der Waals surface area contributed by atoms with Gasteiger partial charge in [0.25, 0.3) is 0 Å². The second-order valence-electron chi connectivity index (χ2n) is 11.2. The van der Waals surface area contributed by atoms with Crippen LogP contribution in [0, 0.1) is 28.6 Å². The van der Waals surface area contributed by atoms with Crippen molar-refractivity contribution in [2.75, 3.05) is 5.32 Å². The van der Waals surface area contributed by atoms with E-state index in [9.17, 15) is 10.2 Å². The molecule has 3 heteroatoms. The Morgan fingerprint density at radius 3 is 2.47 bits per heavy atom. The molecule has 5 rings (SSSR count). The molecule has 1 aromatic rings.